The normalized spacial score (nSPS) is 20.5. The molecule has 2 rings (SSSR count). The van der Waals surface area contributed by atoms with Gasteiger partial charge in [-0.25, -0.2) is 4.79 Å². The van der Waals surface area contributed by atoms with E-state index in [1.54, 1.807) is 0 Å². The third-order valence-corrected chi connectivity index (χ3v) is 3.57. The zero-order valence-corrected chi connectivity index (χ0v) is 11.1. The zero-order chi connectivity index (χ0) is 13.8. The average molecular weight is 264 g/mol. The third kappa shape index (κ3) is 3.45. The standard InChI is InChI=1S/C14H20N2O3/c1-11-8-15(6-7-16(11)14(18)19)9-12-2-4-13(10-17)5-3-12/h2-5,11,17H,6-10H2,1H3,(H,18,19)/t11-/m1/s1. The summed E-state index contributed by atoms with van der Waals surface area (Å²) in [5, 5.41) is 18.0. The van der Waals surface area contributed by atoms with Crippen LogP contribution in [0.2, 0.25) is 0 Å². The minimum Gasteiger partial charge on any atom is -0.465 e. The van der Waals surface area contributed by atoms with Crippen molar-refractivity contribution in [3.05, 3.63) is 35.4 Å². The summed E-state index contributed by atoms with van der Waals surface area (Å²) in [6, 6.07) is 7.90. The van der Waals surface area contributed by atoms with Crippen LogP contribution < -0.4 is 0 Å². The van der Waals surface area contributed by atoms with E-state index >= 15 is 0 Å². The van der Waals surface area contributed by atoms with Crippen LogP contribution in [0.4, 0.5) is 4.79 Å². The Morgan fingerprint density at radius 3 is 2.42 bits per heavy atom. The van der Waals surface area contributed by atoms with Crippen molar-refractivity contribution in [1.82, 2.24) is 9.80 Å². The number of carboxylic acid groups (broad SMARTS) is 1. The summed E-state index contributed by atoms with van der Waals surface area (Å²) in [7, 11) is 0. The highest BCUT2D eigenvalue weighted by Crippen LogP contribution is 2.14. The molecule has 1 heterocycles. The Morgan fingerprint density at radius 2 is 1.89 bits per heavy atom. The van der Waals surface area contributed by atoms with Gasteiger partial charge < -0.3 is 15.1 Å². The number of rotatable bonds is 3. The number of nitrogens with zero attached hydrogens (tertiary/aromatic N) is 2. The quantitative estimate of drug-likeness (QED) is 0.865. The van der Waals surface area contributed by atoms with Gasteiger partial charge in [-0.15, -0.1) is 0 Å². The molecule has 0 bridgehead atoms. The molecule has 1 aromatic carbocycles. The van der Waals surface area contributed by atoms with Gasteiger partial charge in [0.15, 0.2) is 0 Å². The Bertz CT molecular complexity index is 433. The van der Waals surface area contributed by atoms with Crippen LogP contribution in [-0.4, -0.2) is 51.8 Å². The topological polar surface area (TPSA) is 64.0 Å². The molecule has 5 heteroatoms. The lowest BCUT2D eigenvalue weighted by molar-refractivity contribution is 0.0711. The first-order chi connectivity index (χ1) is 9.10. The number of hydrogen-bond donors (Lipinski definition) is 2. The van der Waals surface area contributed by atoms with Crippen molar-refractivity contribution in [3.8, 4) is 0 Å². The molecule has 1 aliphatic rings. The molecular formula is C14H20N2O3. The lowest BCUT2D eigenvalue weighted by atomic mass is 10.1. The molecule has 1 amide bonds. The SMILES string of the molecule is C[C@@H]1CN(Cc2ccc(CO)cc2)CCN1C(=O)O. The number of piperazine rings is 1. The fourth-order valence-corrected chi connectivity index (χ4v) is 2.47. The largest absolute Gasteiger partial charge is 0.465 e. The molecule has 2 N–H and O–H groups in total. The summed E-state index contributed by atoms with van der Waals surface area (Å²) in [5.41, 5.74) is 2.10. The zero-order valence-electron chi connectivity index (χ0n) is 11.1. The first kappa shape index (κ1) is 13.8. The molecule has 0 saturated carbocycles. The predicted octanol–water partition coefficient (Wildman–Crippen LogP) is 1.36. The lowest BCUT2D eigenvalue weighted by Crippen LogP contribution is -2.53. The third-order valence-electron chi connectivity index (χ3n) is 3.57. The number of carbonyl (C=O) groups is 1. The van der Waals surface area contributed by atoms with Gasteiger partial charge in [0, 0.05) is 32.2 Å². The highest BCUT2D eigenvalue weighted by Gasteiger charge is 2.26. The van der Waals surface area contributed by atoms with Gasteiger partial charge in [0.05, 0.1) is 6.61 Å². The Morgan fingerprint density at radius 1 is 1.26 bits per heavy atom. The van der Waals surface area contributed by atoms with Crippen molar-refractivity contribution in [3.63, 3.8) is 0 Å². The van der Waals surface area contributed by atoms with E-state index in [1.165, 1.54) is 10.5 Å². The molecule has 1 atom stereocenters. The smallest absolute Gasteiger partial charge is 0.407 e. The maximum Gasteiger partial charge on any atom is 0.407 e. The second-order valence-corrected chi connectivity index (χ2v) is 5.03. The van der Waals surface area contributed by atoms with Crippen LogP contribution in [-0.2, 0) is 13.2 Å². The minimum absolute atomic E-state index is 0.0305. The summed E-state index contributed by atoms with van der Waals surface area (Å²) in [5.74, 6) is 0. The van der Waals surface area contributed by atoms with Gasteiger partial charge >= 0.3 is 6.09 Å². The Kier molecular flexibility index (Phi) is 4.39. The van der Waals surface area contributed by atoms with E-state index in [9.17, 15) is 4.79 Å². The molecule has 1 aromatic rings. The molecule has 5 nitrogen and oxygen atoms in total. The first-order valence-electron chi connectivity index (χ1n) is 6.50. The van der Waals surface area contributed by atoms with Crippen LogP contribution in [0, 0.1) is 0 Å². The van der Waals surface area contributed by atoms with Crippen LogP contribution in [0.1, 0.15) is 18.1 Å². The van der Waals surface area contributed by atoms with Gasteiger partial charge in [0.1, 0.15) is 0 Å². The van der Waals surface area contributed by atoms with Crippen LogP contribution in [0.15, 0.2) is 24.3 Å². The highest BCUT2D eigenvalue weighted by atomic mass is 16.4. The molecule has 0 unspecified atom stereocenters. The van der Waals surface area contributed by atoms with Crippen LogP contribution >= 0.6 is 0 Å². The van der Waals surface area contributed by atoms with Crippen molar-refractivity contribution in [1.29, 1.82) is 0 Å². The molecule has 0 aliphatic carbocycles. The van der Waals surface area contributed by atoms with Crippen LogP contribution in [0.3, 0.4) is 0 Å². The van der Waals surface area contributed by atoms with E-state index in [1.807, 2.05) is 31.2 Å². The number of aliphatic hydroxyl groups is 1. The lowest BCUT2D eigenvalue weighted by Gasteiger charge is -2.38. The van der Waals surface area contributed by atoms with Crippen LogP contribution in [0.5, 0.6) is 0 Å². The molecule has 0 spiro atoms. The molecule has 19 heavy (non-hydrogen) atoms. The summed E-state index contributed by atoms with van der Waals surface area (Å²) < 4.78 is 0. The van der Waals surface area contributed by atoms with Crippen LogP contribution in [0.25, 0.3) is 0 Å². The summed E-state index contributed by atoms with van der Waals surface area (Å²) in [4.78, 5) is 14.7. The molecule has 104 valence electrons. The number of aliphatic hydroxyl groups excluding tert-OH is 1. The van der Waals surface area contributed by atoms with Gasteiger partial charge in [-0.1, -0.05) is 24.3 Å². The van der Waals surface area contributed by atoms with Gasteiger partial charge in [-0.05, 0) is 18.1 Å². The van der Waals surface area contributed by atoms with Crippen molar-refractivity contribution < 1.29 is 15.0 Å². The molecule has 1 fully saturated rings. The Balaban J connectivity index is 1.92. The van der Waals surface area contributed by atoms with E-state index in [0.717, 1.165) is 25.2 Å². The van der Waals surface area contributed by atoms with E-state index in [4.69, 9.17) is 10.2 Å². The van der Waals surface area contributed by atoms with E-state index in [0.29, 0.717) is 6.54 Å². The predicted molar refractivity (Wildman–Crippen MR) is 71.8 cm³/mol. The first-order valence-corrected chi connectivity index (χ1v) is 6.50. The number of hydrogen-bond acceptors (Lipinski definition) is 3. The fraction of sp³-hybridized carbons (Fsp3) is 0.500. The van der Waals surface area contributed by atoms with Gasteiger partial charge in [-0.3, -0.25) is 4.90 Å². The molecule has 1 aliphatic heterocycles. The fourth-order valence-electron chi connectivity index (χ4n) is 2.47. The van der Waals surface area contributed by atoms with Crippen molar-refractivity contribution >= 4 is 6.09 Å². The second-order valence-electron chi connectivity index (χ2n) is 5.03. The minimum atomic E-state index is -0.834. The molecule has 0 aromatic heterocycles. The van der Waals surface area contributed by atoms with E-state index in [2.05, 4.69) is 4.90 Å². The number of amides is 1. The summed E-state index contributed by atoms with van der Waals surface area (Å²) in [6.07, 6.45) is -0.834. The average Bonchev–Trinajstić information content (AvgIpc) is 2.39. The van der Waals surface area contributed by atoms with Gasteiger partial charge in [0.25, 0.3) is 0 Å². The highest BCUT2D eigenvalue weighted by molar-refractivity contribution is 5.65. The summed E-state index contributed by atoms with van der Waals surface area (Å²) in [6.45, 7) is 4.91. The second kappa shape index (κ2) is 6.04. The number of benzene rings is 1. The monoisotopic (exact) mass is 264 g/mol. The molecule has 0 radical (unpaired) electrons. The molecular weight excluding hydrogens is 244 g/mol. The Hall–Kier alpha value is -1.59. The van der Waals surface area contributed by atoms with Crippen molar-refractivity contribution in [2.24, 2.45) is 0 Å². The maximum atomic E-state index is 11.0. The van der Waals surface area contributed by atoms with Crippen molar-refractivity contribution in [2.75, 3.05) is 19.6 Å². The molecule has 1 saturated heterocycles. The van der Waals surface area contributed by atoms with Crippen molar-refractivity contribution in [2.45, 2.75) is 26.1 Å². The van der Waals surface area contributed by atoms with E-state index in [-0.39, 0.29) is 12.6 Å². The van der Waals surface area contributed by atoms with Gasteiger partial charge in [0.2, 0.25) is 0 Å². The van der Waals surface area contributed by atoms with Gasteiger partial charge in [-0.2, -0.15) is 0 Å². The van der Waals surface area contributed by atoms with E-state index < -0.39 is 6.09 Å². The Labute approximate surface area is 113 Å². The summed E-state index contributed by atoms with van der Waals surface area (Å²) >= 11 is 0. The maximum absolute atomic E-state index is 11.0.